The third-order valence-electron chi connectivity index (χ3n) is 5.78. The average Bonchev–Trinajstić information content (AvgIpc) is 3.18. The zero-order valence-electron chi connectivity index (χ0n) is 18.9. The molecule has 0 aromatic heterocycles. The van der Waals surface area contributed by atoms with Crippen LogP contribution in [0.3, 0.4) is 0 Å². The minimum absolute atomic E-state index is 0. The number of carboxylic acids is 2. The first kappa shape index (κ1) is 24.4. The number of fused-ring (bicyclic) bond motifs is 1. The van der Waals surface area contributed by atoms with Crippen LogP contribution in [0.25, 0.3) is 11.3 Å². The number of aliphatic imine (C=N–C) groups is 1. The number of carbonyl (C=O) groups is 2. The first-order valence-corrected chi connectivity index (χ1v) is 10.9. The van der Waals surface area contributed by atoms with Crippen molar-refractivity contribution in [2.75, 3.05) is 5.32 Å². The monoisotopic (exact) mass is 496 g/mol. The molecule has 4 aromatic carbocycles. The molecular weight excluding hydrogens is 476 g/mol. The molecule has 0 atom stereocenters. The number of aromatic carboxylic acids is 2. The van der Waals surface area contributed by atoms with Crippen LogP contribution in [0, 0.1) is 0 Å². The fourth-order valence-electron chi connectivity index (χ4n) is 4.21. The molecule has 0 saturated heterocycles. The number of nitrogens with one attached hydrogen (secondary N) is 1. The molecule has 0 radical (unpaired) electrons. The van der Waals surface area contributed by atoms with E-state index in [0.717, 1.165) is 22.3 Å². The van der Waals surface area contributed by atoms with Gasteiger partial charge in [-0.3, -0.25) is 0 Å². The highest BCUT2D eigenvalue weighted by molar-refractivity contribution is 6.43. The van der Waals surface area contributed by atoms with Crippen LogP contribution in [0.2, 0.25) is 0 Å². The Labute approximate surface area is 213 Å². The van der Waals surface area contributed by atoms with Crippen molar-refractivity contribution in [1.82, 2.24) is 0 Å². The molecule has 36 heavy (non-hydrogen) atoms. The van der Waals surface area contributed by atoms with Gasteiger partial charge in [-0.15, -0.1) is 12.4 Å². The molecule has 6 nitrogen and oxygen atoms in total. The maximum Gasteiger partial charge on any atom is 0.337 e. The van der Waals surface area contributed by atoms with Crippen molar-refractivity contribution in [3.63, 3.8) is 0 Å². The molecule has 0 bridgehead atoms. The summed E-state index contributed by atoms with van der Waals surface area (Å²) in [5, 5.41) is 22.8. The van der Waals surface area contributed by atoms with Gasteiger partial charge in [0.2, 0.25) is 0 Å². The second-order valence-electron chi connectivity index (χ2n) is 7.92. The lowest BCUT2D eigenvalue weighted by Gasteiger charge is -2.14. The Bertz CT molecular complexity index is 1530. The van der Waals surface area contributed by atoms with Crippen molar-refractivity contribution in [3.8, 4) is 0 Å². The van der Waals surface area contributed by atoms with E-state index in [1.165, 1.54) is 6.07 Å². The first-order chi connectivity index (χ1) is 17.0. The smallest absolute Gasteiger partial charge is 0.337 e. The van der Waals surface area contributed by atoms with Gasteiger partial charge in [0.1, 0.15) is 0 Å². The summed E-state index contributed by atoms with van der Waals surface area (Å²) in [7, 11) is 0. The van der Waals surface area contributed by atoms with Crippen LogP contribution in [0.4, 0.5) is 11.4 Å². The van der Waals surface area contributed by atoms with Crippen molar-refractivity contribution in [2.45, 2.75) is 0 Å². The van der Waals surface area contributed by atoms with Crippen LogP contribution in [0.15, 0.2) is 108 Å². The Balaban J connectivity index is 0.00000304. The van der Waals surface area contributed by atoms with Gasteiger partial charge in [-0.25, -0.2) is 14.6 Å². The summed E-state index contributed by atoms with van der Waals surface area (Å²) in [5.74, 6) is -2.10. The minimum atomic E-state index is -1.06. The number of nitrogens with zero attached hydrogens (tertiary/aromatic N) is 1. The van der Waals surface area contributed by atoms with Gasteiger partial charge in [0.25, 0.3) is 0 Å². The summed E-state index contributed by atoms with van der Waals surface area (Å²) < 4.78 is 0. The number of benzene rings is 4. The molecule has 0 fully saturated rings. The highest BCUT2D eigenvalue weighted by atomic mass is 35.5. The Morgan fingerprint density at radius 3 is 1.89 bits per heavy atom. The van der Waals surface area contributed by atoms with Gasteiger partial charge in [0, 0.05) is 16.7 Å². The summed E-state index contributed by atoms with van der Waals surface area (Å²) in [6.07, 6.45) is 0. The molecule has 0 amide bonds. The Kier molecular flexibility index (Phi) is 6.99. The van der Waals surface area contributed by atoms with E-state index in [4.69, 9.17) is 4.99 Å². The highest BCUT2D eigenvalue weighted by Gasteiger charge is 2.30. The molecule has 3 N–H and O–H groups in total. The summed E-state index contributed by atoms with van der Waals surface area (Å²) in [6, 6.07) is 30.6. The van der Waals surface area contributed by atoms with E-state index in [1.807, 2.05) is 54.6 Å². The first-order valence-electron chi connectivity index (χ1n) is 10.9. The standard InChI is InChI=1S/C29H20N2O4.ClH/c32-28(33)21-14-6-8-16-23(21)30-26-19-12-4-5-13-20(19)27(25(26)18-10-2-1-3-11-18)31-24-17-9-7-15-22(24)29(34)35;/h1-17,30H,(H,32,33)(H,34,35);1H. The van der Waals surface area contributed by atoms with Gasteiger partial charge in [-0.2, -0.15) is 0 Å². The summed E-state index contributed by atoms with van der Waals surface area (Å²) in [6.45, 7) is 0. The average molecular weight is 497 g/mol. The van der Waals surface area contributed by atoms with Gasteiger partial charge in [-0.1, -0.05) is 78.9 Å². The summed E-state index contributed by atoms with van der Waals surface area (Å²) >= 11 is 0. The maximum absolute atomic E-state index is 11.9. The third kappa shape index (κ3) is 4.50. The maximum atomic E-state index is 11.9. The lowest BCUT2D eigenvalue weighted by molar-refractivity contribution is 0.0687. The number of rotatable bonds is 6. The molecule has 0 spiro atoms. The van der Waals surface area contributed by atoms with Crippen LogP contribution < -0.4 is 5.32 Å². The van der Waals surface area contributed by atoms with Crippen molar-refractivity contribution < 1.29 is 19.8 Å². The number of hydrogen-bond donors (Lipinski definition) is 3. The van der Waals surface area contributed by atoms with Crippen LogP contribution in [-0.4, -0.2) is 27.9 Å². The third-order valence-corrected chi connectivity index (χ3v) is 5.78. The molecule has 1 aliphatic rings. The fraction of sp³-hybridized carbons (Fsp3) is 0. The SMILES string of the molecule is Cl.O=C(O)c1ccccc1N=C1C(c2ccccc2)=C(Nc2ccccc2C(=O)O)c2ccccc21. The molecular formula is C29H21ClN2O4. The Morgan fingerprint density at radius 2 is 1.19 bits per heavy atom. The van der Waals surface area contributed by atoms with Gasteiger partial charge in [0.05, 0.1) is 33.9 Å². The second-order valence-corrected chi connectivity index (χ2v) is 7.92. The molecule has 178 valence electrons. The predicted octanol–water partition coefficient (Wildman–Crippen LogP) is 6.62. The van der Waals surface area contributed by atoms with Gasteiger partial charge in [-0.05, 0) is 29.8 Å². The van der Waals surface area contributed by atoms with Crippen molar-refractivity contribution >= 4 is 52.7 Å². The van der Waals surface area contributed by atoms with Crippen LogP contribution in [0.1, 0.15) is 37.4 Å². The molecule has 1 aliphatic carbocycles. The summed E-state index contributed by atoms with van der Waals surface area (Å²) in [4.78, 5) is 28.6. The fourth-order valence-corrected chi connectivity index (χ4v) is 4.21. The van der Waals surface area contributed by atoms with Gasteiger partial charge < -0.3 is 15.5 Å². The molecule has 0 unspecified atom stereocenters. The van der Waals surface area contributed by atoms with Crippen molar-refractivity contribution in [1.29, 1.82) is 0 Å². The van der Waals surface area contributed by atoms with Crippen molar-refractivity contribution in [2.24, 2.45) is 4.99 Å². The van der Waals surface area contributed by atoms with E-state index >= 15 is 0 Å². The van der Waals surface area contributed by atoms with E-state index in [2.05, 4.69) is 5.32 Å². The molecule has 4 aromatic rings. The lowest BCUT2D eigenvalue weighted by Crippen LogP contribution is -2.06. The second kappa shape index (κ2) is 10.3. The highest BCUT2D eigenvalue weighted by Crippen LogP contribution is 2.41. The van der Waals surface area contributed by atoms with E-state index in [-0.39, 0.29) is 23.5 Å². The minimum Gasteiger partial charge on any atom is -0.478 e. The zero-order chi connectivity index (χ0) is 24.4. The topological polar surface area (TPSA) is 99.0 Å². The summed E-state index contributed by atoms with van der Waals surface area (Å²) in [5.41, 5.74) is 5.63. The van der Waals surface area contributed by atoms with Gasteiger partial charge in [0.15, 0.2) is 0 Å². The largest absolute Gasteiger partial charge is 0.478 e. The number of carboxylic acid groups (broad SMARTS) is 2. The number of halogens is 1. The van der Waals surface area contributed by atoms with Crippen LogP contribution >= 0.6 is 12.4 Å². The molecule has 0 heterocycles. The number of anilines is 1. The van der Waals surface area contributed by atoms with E-state index in [0.29, 0.717) is 22.8 Å². The quantitative estimate of drug-likeness (QED) is 0.278. The normalized spacial score (nSPS) is 13.2. The van der Waals surface area contributed by atoms with Crippen LogP contribution in [0.5, 0.6) is 0 Å². The number of allylic oxidation sites excluding steroid dienone is 1. The Morgan fingerprint density at radius 1 is 0.639 bits per heavy atom. The van der Waals surface area contributed by atoms with Crippen molar-refractivity contribution in [3.05, 3.63) is 131 Å². The number of para-hydroxylation sites is 2. The zero-order valence-corrected chi connectivity index (χ0v) is 19.7. The predicted molar refractivity (Wildman–Crippen MR) is 144 cm³/mol. The molecule has 0 saturated carbocycles. The molecule has 5 rings (SSSR count). The van der Waals surface area contributed by atoms with Gasteiger partial charge >= 0.3 is 11.9 Å². The number of hydrogen-bond acceptors (Lipinski definition) is 4. The Hall–Kier alpha value is -4.68. The van der Waals surface area contributed by atoms with Crippen LogP contribution in [-0.2, 0) is 0 Å². The molecule has 0 aliphatic heterocycles. The van der Waals surface area contributed by atoms with E-state index in [1.54, 1.807) is 42.5 Å². The van der Waals surface area contributed by atoms with E-state index in [9.17, 15) is 19.8 Å². The van der Waals surface area contributed by atoms with E-state index < -0.39 is 11.9 Å². The molecule has 7 heteroatoms. The lowest BCUT2D eigenvalue weighted by atomic mass is 10.0.